The van der Waals surface area contributed by atoms with Crippen LogP contribution >= 0.6 is 0 Å². The predicted molar refractivity (Wildman–Crippen MR) is 155 cm³/mol. The molecule has 0 aliphatic heterocycles. The zero-order valence-corrected chi connectivity index (χ0v) is 25.7. The number of rotatable bonds is 18. The minimum atomic E-state index is -1.05. The summed E-state index contributed by atoms with van der Waals surface area (Å²) >= 11 is 0. The van der Waals surface area contributed by atoms with Crippen LogP contribution in [0.15, 0.2) is 18.2 Å². The summed E-state index contributed by atoms with van der Waals surface area (Å²) in [5.74, 6) is -0.712. The zero-order chi connectivity index (χ0) is 30.9. The van der Waals surface area contributed by atoms with Crippen LogP contribution in [-0.2, 0) is 35.0 Å². The highest BCUT2D eigenvalue weighted by Gasteiger charge is 2.25. The Labute approximate surface area is 244 Å². The number of nitrogens with two attached hydrogens (primary N) is 1. The van der Waals surface area contributed by atoms with Crippen molar-refractivity contribution in [1.82, 2.24) is 0 Å². The average molecular weight is 580 g/mol. The highest BCUT2D eigenvalue weighted by atomic mass is 16.7. The standard InChI is InChI=1S/C31H49NO9/c1-8-9-10-17-37-31(36)39-23(7)22(6)38-30(35)25(32)18-24-13-14-26(40-28(33)15-11-20(2)3)27(19-24)41-29(34)16-12-21(4)5/h13-14,19-23,25H,8-12,15-18,32H2,1-7H3/t22-,23-,25-/m0/s1. The van der Waals surface area contributed by atoms with Crippen LogP contribution in [0.1, 0.15) is 99.0 Å². The lowest BCUT2D eigenvalue weighted by Crippen LogP contribution is -2.39. The predicted octanol–water partition coefficient (Wildman–Crippen LogP) is 5.90. The van der Waals surface area contributed by atoms with E-state index in [9.17, 15) is 19.2 Å². The molecule has 0 fully saturated rings. The van der Waals surface area contributed by atoms with Gasteiger partial charge in [0, 0.05) is 12.8 Å². The fourth-order valence-corrected chi connectivity index (χ4v) is 3.50. The molecule has 0 saturated carbocycles. The summed E-state index contributed by atoms with van der Waals surface area (Å²) in [4.78, 5) is 49.3. The molecule has 2 N–H and O–H groups in total. The number of hydrogen-bond acceptors (Lipinski definition) is 10. The summed E-state index contributed by atoms with van der Waals surface area (Å²) in [6.45, 7) is 13.5. The van der Waals surface area contributed by atoms with Gasteiger partial charge in [-0.05, 0) is 69.1 Å². The molecule has 0 aliphatic rings. The SMILES string of the molecule is CCCCCOC(=O)O[C@@H](C)[C@H](C)OC(=O)[C@@H](N)Cc1ccc(OC(=O)CCC(C)C)c(OC(=O)CCC(C)C)c1. The minimum absolute atomic E-state index is 0.0678. The summed E-state index contributed by atoms with van der Waals surface area (Å²) in [6, 6.07) is 3.66. The van der Waals surface area contributed by atoms with Crippen molar-refractivity contribution < 1.29 is 42.9 Å². The summed E-state index contributed by atoms with van der Waals surface area (Å²) < 4.78 is 26.7. The second-order valence-corrected chi connectivity index (χ2v) is 11.2. The number of hydrogen-bond donors (Lipinski definition) is 1. The van der Waals surface area contributed by atoms with Crippen LogP contribution in [-0.4, -0.2) is 48.9 Å². The lowest BCUT2D eigenvalue weighted by molar-refractivity contribution is -0.155. The second kappa shape index (κ2) is 19.1. The topological polar surface area (TPSA) is 140 Å². The molecule has 0 unspecified atom stereocenters. The van der Waals surface area contributed by atoms with E-state index >= 15 is 0 Å². The first-order valence-corrected chi connectivity index (χ1v) is 14.7. The second-order valence-electron chi connectivity index (χ2n) is 11.2. The Morgan fingerprint density at radius 3 is 1.90 bits per heavy atom. The Kier molecular flexibility index (Phi) is 16.7. The molecule has 41 heavy (non-hydrogen) atoms. The number of benzene rings is 1. The number of carbonyl (C=O) groups is 4. The first kappa shape index (κ1) is 35.9. The number of esters is 3. The quantitative estimate of drug-likeness (QED) is 0.127. The summed E-state index contributed by atoms with van der Waals surface area (Å²) in [5.41, 5.74) is 6.69. The van der Waals surface area contributed by atoms with E-state index in [1.165, 1.54) is 12.1 Å². The third-order valence-corrected chi connectivity index (χ3v) is 6.28. The van der Waals surface area contributed by atoms with E-state index in [1.54, 1.807) is 19.9 Å². The van der Waals surface area contributed by atoms with Gasteiger partial charge in [0.1, 0.15) is 18.2 Å². The average Bonchev–Trinajstić information content (AvgIpc) is 2.90. The van der Waals surface area contributed by atoms with Crippen LogP contribution in [0.2, 0.25) is 0 Å². The van der Waals surface area contributed by atoms with Gasteiger partial charge in [-0.25, -0.2) is 4.79 Å². The van der Waals surface area contributed by atoms with Gasteiger partial charge in [-0.15, -0.1) is 0 Å². The van der Waals surface area contributed by atoms with Gasteiger partial charge in [0.05, 0.1) is 6.61 Å². The Morgan fingerprint density at radius 2 is 1.34 bits per heavy atom. The van der Waals surface area contributed by atoms with Crippen molar-refractivity contribution in [2.75, 3.05) is 6.61 Å². The molecule has 0 radical (unpaired) electrons. The van der Waals surface area contributed by atoms with Crippen LogP contribution in [0.5, 0.6) is 11.5 Å². The highest BCUT2D eigenvalue weighted by Crippen LogP contribution is 2.30. The normalized spacial score (nSPS) is 13.3. The van der Waals surface area contributed by atoms with Gasteiger partial charge in [-0.3, -0.25) is 14.4 Å². The van der Waals surface area contributed by atoms with Crippen molar-refractivity contribution in [2.24, 2.45) is 17.6 Å². The van der Waals surface area contributed by atoms with Gasteiger partial charge >= 0.3 is 24.1 Å². The van der Waals surface area contributed by atoms with Crippen molar-refractivity contribution in [2.45, 2.75) is 118 Å². The smallest absolute Gasteiger partial charge is 0.458 e. The highest BCUT2D eigenvalue weighted by molar-refractivity contribution is 5.77. The maximum Gasteiger partial charge on any atom is 0.508 e. The maximum absolute atomic E-state index is 12.7. The molecule has 0 bridgehead atoms. The van der Waals surface area contributed by atoms with E-state index in [4.69, 9.17) is 29.4 Å². The lowest BCUT2D eigenvalue weighted by Gasteiger charge is -2.22. The van der Waals surface area contributed by atoms with Crippen LogP contribution in [0, 0.1) is 11.8 Å². The molecule has 0 aromatic heterocycles. The van der Waals surface area contributed by atoms with Gasteiger partial charge in [0.25, 0.3) is 0 Å². The Morgan fingerprint density at radius 1 is 0.780 bits per heavy atom. The van der Waals surface area contributed by atoms with E-state index in [0.29, 0.717) is 30.2 Å². The van der Waals surface area contributed by atoms with Crippen molar-refractivity contribution in [1.29, 1.82) is 0 Å². The molecule has 0 aliphatic carbocycles. The summed E-state index contributed by atoms with van der Waals surface area (Å²) in [7, 11) is 0. The Bertz CT molecular complexity index is 976. The molecule has 1 rings (SSSR count). The molecule has 10 nitrogen and oxygen atoms in total. The largest absolute Gasteiger partial charge is 0.508 e. The molecule has 232 valence electrons. The molecular formula is C31H49NO9. The van der Waals surface area contributed by atoms with E-state index in [0.717, 1.165) is 19.3 Å². The summed E-state index contributed by atoms with van der Waals surface area (Å²) in [5, 5.41) is 0. The number of unbranched alkanes of at least 4 members (excludes halogenated alkanes) is 2. The van der Waals surface area contributed by atoms with E-state index in [2.05, 4.69) is 0 Å². The Balaban J connectivity index is 2.84. The third-order valence-electron chi connectivity index (χ3n) is 6.28. The lowest BCUT2D eigenvalue weighted by atomic mass is 10.1. The van der Waals surface area contributed by atoms with Crippen LogP contribution in [0.3, 0.4) is 0 Å². The van der Waals surface area contributed by atoms with Crippen molar-refractivity contribution >= 4 is 24.1 Å². The van der Waals surface area contributed by atoms with Gasteiger partial charge in [-0.2, -0.15) is 0 Å². The van der Waals surface area contributed by atoms with Gasteiger partial charge < -0.3 is 29.4 Å². The Hall–Kier alpha value is -3.14. The third kappa shape index (κ3) is 15.4. The fourth-order valence-electron chi connectivity index (χ4n) is 3.50. The van der Waals surface area contributed by atoms with E-state index in [1.807, 2.05) is 34.6 Å². The zero-order valence-electron chi connectivity index (χ0n) is 25.7. The van der Waals surface area contributed by atoms with Crippen molar-refractivity contribution in [3.05, 3.63) is 23.8 Å². The molecule has 0 saturated heterocycles. The van der Waals surface area contributed by atoms with Crippen LogP contribution in [0.25, 0.3) is 0 Å². The van der Waals surface area contributed by atoms with E-state index < -0.39 is 42.3 Å². The summed E-state index contributed by atoms with van der Waals surface area (Å²) in [6.07, 6.45) is 2.20. The van der Waals surface area contributed by atoms with Crippen LogP contribution in [0.4, 0.5) is 4.79 Å². The van der Waals surface area contributed by atoms with Crippen LogP contribution < -0.4 is 15.2 Å². The molecule has 0 heterocycles. The van der Waals surface area contributed by atoms with Gasteiger partial charge in [0.2, 0.25) is 0 Å². The monoisotopic (exact) mass is 579 g/mol. The van der Waals surface area contributed by atoms with Crippen molar-refractivity contribution in [3.63, 3.8) is 0 Å². The molecule has 1 aromatic rings. The minimum Gasteiger partial charge on any atom is -0.458 e. The molecule has 0 amide bonds. The first-order valence-electron chi connectivity index (χ1n) is 14.7. The molecule has 0 spiro atoms. The molecule has 3 atom stereocenters. The maximum atomic E-state index is 12.7. The molecule has 10 heteroatoms. The first-order chi connectivity index (χ1) is 19.3. The molecular weight excluding hydrogens is 530 g/mol. The number of carbonyl (C=O) groups excluding carboxylic acids is 4. The number of ether oxygens (including phenoxy) is 5. The van der Waals surface area contributed by atoms with Gasteiger partial charge in [-0.1, -0.05) is 53.5 Å². The van der Waals surface area contributed by atoms with E-state index in [-0.39, 0.29) is 37.4 Å². The van der Waals surface area contributed by atoms with Gasteiger partial charge in [0.15, 0.2) is 11.5 Å². The fraction of sp³-hybridized carbons (Fsp3) is 0.677. The molecule has 1 aromatic carbocycles. The van der Waals surface area contributed by atoms with Crippen molar-refractivity contribution in [3.8, 4) is 11.5 Å².